The van der Waals surface area contributed by atoms with E-state index in [4.69, 9.17) is 5.53 Å². The summed E-state index contributed by atoms with van der Waals surface area (Å²) in [6, 6.07) is 3.83. The summed E-state index contributed by atoms with van der Waals surface area (Å²) in [4.78, 5) is 25.2. The van der Waals surface area contributed by atoms with Crippen molar-refractivity contribution in [2.45, 2.75) is 6.18 Å². The molecule has 1 aromatic carbocycles. The Morgan fingerprint density at radius 1 is 1.26 bits per heavy atom. The van der Waals surface area contributed by atoms with Crippen LogP contribution in [0.25, 0.3) is 5.53 Å². The zero-order valence-electron chi connectivity index (χ0n) is 9.56. The quantitative estimate of drug-likeness (QED) is 0.210. The number of benzene rings is 1. The van der Waals surface area contributed by atoms with Crippen molar-refractivity contribution in [1.29, 1.82) is 0 Å². The third kappa shape index (κ3) is 3.05. The molecular weight excluding hydrogens is 265 g/mol. The number of alkyl halides is 3. The van der Waals surface area contributed by atoms with Crippen LogP contribution in [0.1, 0.15) is 15.9 Å². The van der Waals surface area contributed by atoms with E-state index in [-0.39, 0.29) is 0 Å². The van der Waals surface area contributed by atoms with E-state index in [9.17, 15) is 22.8 Å². The van der Waals surface area contributed by atoms with Crippen molar-refractivity contribution in [3.8, 4) is 0 Å². The molecule has 0 N–H and O–H groups in total. The van der Waals surface area contributed by atoms with Crippen molar-refractivity contribution in [3.63, 3.8) is 0 Å². The second kappa shape index (κ2) is 5.45. The highest BCUT2D eigenvalue weighted by atomic mass is 19.4. The van der Waals surface area contributed by atoms with Gasteiger partial charge < -0.3 is 10.3 Å². The predicted octanol–water partition coefficient (Wildman–Crippen LogP) is 1.73. The van der Waals surface area contributed by atoms with Gasteiger partial charge in [0.2, 0.25) is 0 Å². The van der Waals surface area contributed by atoms with E-state index in [2.05, 4.69) is 9.53 Å². The van der Waals surface area contributed by atoms with E-state index in [1.165, 1.54) is 6.07 Å². The van der Waals surface area contributed by atoms with Gasteiger partial charge in [0.05, 0.1) is 12.7 Å². The zero-order chi connectivity index (χ0) is 14.6. The van der Waals surface area contributed by atoms with E-state index in [0.29, 0.717) is 6.07 Å². The van der Waals surface area contributed by atoms with Crippen molar-refractivity contribution >= 4 is 17.5 Å². The lowest BCUT2D eigenvalue weighted by atomic mass is 10.0. The smallest absolute Gasteiger partial charge is 0.446 e. The van der Waals surface area contributed by atoms with Crippen molar-refractivity contribution < 1.29 is 32.3 Å². The Balaban J connectivity index is 3.36. The summed E-state index contributed by atoms with van der Waals surface area (Å²) in [7, 11) is 0.899. The summed E-state index contributed by atoms with van der Waals surface area (Å²) in [5, 5.41) is 0. The van der Waals surface area contributed by atoms with Gasteiger partial charge in [-0.1, -0.05) is 18.2 Å². The normalized spacial score (nSPS) is 10.5. The van der Waals surface area contributed by atoms with Crippen LogP contribution < -0.4 is 0 Å². The monoisotopic (exact) mass is 272 g/mol. The minimum atomic E-state index is -4.77. The SMILES string of the molecule is COC(=O)C(=[N+]=[N-])C(=O)c1ccccc1C(F)(F)F. The molecule has 100 valence electrons. The van der Waals surface area contributed by atoms with Gasteiger partial charge in [-0.2, -0.15) is 18.0 Å². The molecule has 0 amide bonds. The summed E-state index contributed by atoms with van der Waals surface area (Å²) in [6.45, 7) is 0. The summed E-state index contributed by atoms with van der Waals surface area (Å²) in [6.07, 6.45) is -4.77. The molecule has 0 unspecified atom stereocenters. The topological polar surface area (TPSA) is 79.8 Å². The highest BCUT2D eigenvalue weighted by Crippen LogP contribution is 2.32. The maximum atomic E-state index is 12.7. The molecular formula is C11H7F3N2O3. The fourth-order valence-electron chi connectivity index (χ4n) is 1.33. The van der Waals surface area contributed by atoms with Crippen molar-refractivity contribution in [2.75, 3.05) is 7.11 Å². The first kappa shape index (κ1) is 14.6. The molecule has 0 saturated carbocycles. The first-order valence-electron chi connectivity index (χ1n) is 4.84. The van der Waals surface area contributed by atoms with E-state index in [1.807, 2.05) is 0 Å². The Bertz CT molecular complexity index is 575. The number of halogens is 3. The van der Waals surface area contributed by atoms with Crippen LogP contribution in [-0.4, -0.2) is 29.4 Å². The molecule has 1 rings (SSSR count). The molecule has 0 aromatic heterocycles. The maximum absolute atomic E-state index is 12.7. The van der Waals surface area contributed by atoms with Gasteiger partial charge in [-0.15, -0.1) is 0 Å². The number of hydrogen-bond acceptors (Lipinski definition) is 3. The standard InChI is InChI=1S/C11H7F3N2O3/c1-19-10(18)8(16-15)9(17)6-4-2-3-5-7(6)11(12,13)14/h2-5H,1H3. The molecule has 0 aliphatic carbocycles. The summed E-state index contributed by atoms with van der Waals surface area (Å²) < 4.78 is 42.2. The zero-order valence-corrected chi connectivity index (χ0v) is 9.56. The summed E-state index contributed by atoms with van der Waals surface area (Å²) >= 11 is 0. The van der Waals surface area contributed by atoms with Crippen molar-refractivity contribution in [1.82, 2.24) is 0 Å². The lowest BCUT2D eigenvalue weighted by Gasteiger charge is -2.09. The van der Waals surface area contributed by atoms with E-state index in [0.717, 1.165) is 19.2 Å². The molecule has 0 aliphatic heterocycles. The van der Waals surface area contributed by atoms with Crippen molar-refractivity contribution in [3.05, 3.63) is 40.9 Å². The fraction of sp³-hybridized carbons (Fsp3) is 0.182. The second-order valence-electron chi connectivity index (χ2n) is 3.31. The number of hydrogen-bond donors (Lipinski definition) is 0. The number of ether oxygens (including phenoxy) is 1. The number of nitrogens with zero attached hydrogens (tertiary/aromatic N) is 2. The lowest BCUT2D eigenvalue weighted by molar-refractivity contribution is -0.139. The van der Waals surface area contributed by atoms with Crippen LogP contribution >= 0.6 is 0 Å². The van der Waals surface area contributed by atoms with Crippen LogP contribution in [0.2, 0.25) is 0 Å². The summed E-state index contributed by atoms with van der Waals surface area (Å²) in [5.74, 6) is -2.70. The predicted molar refractivity (Wildman–Crippen MR) is 56.4 cm³/mol. The van der Waals surface area contributed by atoms with Gasteiger partial charge in [-0.05, 0) is 6.07 Å². The van der Waals surface area contributed by atoms with Gasteiger partial charge in [-0.25, -0.2) is 4.79 Å². The molecule has 1 aromatic rings. The number of Topliss-reactive ketones (excluding diaryl/α,β-unsaturated/α-hetero) is 1. The number of methoxy groups -OCH3 is 1. The molecule has 0 aliphatic rings. The van der Waals surface area contributed by atoms with Crippen LogP contribution in [0.4, 0.5) is 13.2 Å². The highest BCUT2D eigenvalue weighted by molar-refractivity contribution is 6.65. The molecule has 0 radical (unpaired) electrons. The van der Waals surface area contributed by atoms with Crippen LogP contribution in [0.5, 0.6) is 0 Å². The van der Waals surface area contributed by atoms with Gasteiger partial charge in [0.15, 0.2) is 0 Å². The van der Waals surface area contributed by atoms with Crippen LogP contribution in [-0.2, 0) is 15.7 Å². The Morgan fingerprint density at radius 2 is 1.84 bits per heavy atom. The average molecular weight is 272 g/mol. The van der Waals surface area contributed by atoms with Crippen LogP contribution in [0.15, 0.2) is 24.3 Å². The second-order valence-corrected chi connectivity index (χ2v) is 3.31. The Labute approximate surface area is 105 Å². The van der Waals surface area contributed by atoms with Gasteiger partial charge in [-0.3, -0.25) is 4.79 Å². The van der Waals surface area contributed by atoms with Gasteiger partial charge >= 0.3 is 17.9 Å². The van der Waals surface area contributed by atoms with E-state index in [1.54, 1.807) is 0 Å². The average Bonchev–Trinajstić information content (AvgIpc) is 2.38. The Kier molecular flexibility index (Phi) is 4.18. The molecule has 5 nitrogen and oxygen atoms in total. The first-order valence-corrected chi connectivity index (χ1v) is 4.84. The van der Waals surface area contributed by atoms with Gasteiger partial charge in [0.1, 0.15) is 0 Å². The van der Waals surface area contributed by atoms with Crippen LogP contribution in [0.3, 0.4) is 0 Å². The Hall–Kier alpha value is -2.47. The molecule has 0 bridgehead atoms. The largest absolute Gasteiger partial charge is 0.460 e. The van der Waals surface area contributed by atoms with Gasteiger partial charge in [0, 0.05) is 5.56 Å². The maximum Gasteiger partial charge on any atom is 0.446 e. The number of esters is 1. The molecule has 0 atom stereocenters. The third-order valence-corrected chi connectivity index (χ3v) is 2.17. The lowest BCUT2D eigenvalue weighted by Crippen LogP contribution is -2.28. The minimum Gasteiger partial charge on any atom is -0.460 e. The van der Waals surface area contributed by atoms with Gasteiger partial charge in [0.25, 0.3) is 5.78 Å². The molecule has 8 heteroatoms. The number of carbonyl (C=O) groups is 2. The highest BCUT2D eigenvalue weighted by Gasteiger charge is 2.40. The number of rotatable bonds is 3. The first-order chi connectivity index (χ1) is 8.82. The number of ketones is 1. The molecule has 0 heterocycles. The number of carbonyl (C=O) groups excluding carboxylic acids is 2. The third-order valence-electron chi connectivity index (χ3n) is 2.17. The molecule has 0 spiro atoms. The van der Waals surface area contributed by atoms with Crippen molar-refractivity contribution in [2.24, 2.45) is 0 Å². The van der Waals surface area contributed by atoms with E-state index < -0.39 is 34.8 Å². The molecule has 0 saturated heterocycles. The van der Waals surface area contributed by atoms with Crippen LogP contribution in [0, 0.1) is 0 Å². The van der Waals surface area contributed by atoms with E-state index >= 15 is 0 Å². The fourth-order valence-corrected chi connectivity index (χ4v) is 1.33. The molecule has 0 fully saturated rings. The minimum absolute atomic E-state index is 0.680. The molecule has 19 heavy (non-hydrogen) atoms. The Morgan fingerprint density at radius 3 is 2.32 bits per heavy atom. The summed E-state index contributed by atoms with van der Waals surface area (Å²) in [5.41, 5.74) is 5.38.